The fourth-order valence-corrected chi connectivity index (χ4v) is 6.33. The predicted molar refractivity (Wildman–Crippen MR) is 218 cm³/mol. The Morgan fingerprint density at radius 1 is 0.245 bits per heavy atom. The third kappa shape index (κ3) is 62.5. The molecule has 0 rings (SSSR count). The summed E-state index contributed by atoms with van der Waals surface area (Å²) in [7, 11) is 0. The fraction of sp³-hybridized carbons (Fsp3) is 0.956. The van der Waals surface area contributed by atoms with E-state index in [0.717, 1.165) is 25.7 Å². The van der Waals surface area contributed by atoms with Crippen molar-refractivity contribution in [3.05, 3.63) is 0 Å². The van der Waals surface area contributed by atoms with Crippen LogP contribution in [0.1, 0.15) is 278 Å². The molecule has 0 aliphatic heterocycles. The molecule has 0 aliphatic rings. The molecule has 0 saturated carbocycles. The quantitative estimate of drug-likeness (QED) is 0.0630. The van der Waals surface area contributed by atoms with Crippen LogP contribution in [0.5, 0.6) is 0 Å². The first kappa shape index (κ1) is 52.3. The first-order chi connectivity index (χ1) is 24.0. The Morgan fingerprint density at radius 3 is 0.490 bits per heavy atom. The molecular formula is C45H92O4. The minimum Gasteiger partial charge on any atom is -0.481 e. The molecule has 0 aromatic heterocycles. The largest absolute Gasteiger partial charge is 0.481 e. The van der Waals surface area contributed by atoms with Crippen LogP contribution >= 0.6 is 0 Å². The van der Waals surface area contributed by atoms with Crippen LogP contribution < -0.4 is 0 Å². The maximum atomic E-state index is 10.3. The zero-order valence-electron chi connectivity index (χ0n) is 34.3. The lowest BCUT2D eigenvalue weighted by atomic mass is 10.0. The highest BCUT2D eigenvalue weighted by atomic mass is 16.4. The molecule has 0 bridgehead atoms. The summed E-state index contributed by atoms with van der Waals surface area (Å²) in [6.45, 7) is 9.07. The van der Waals surface area contributed by atoms with E-state index in [1.165, 1.54) is 212 Å². The van der Waals surface area contributed by atoms with Crippen molar-refractivity contribution in [2.45, 2.75) is 278 Å². The predicted octanol–water partition coefficient (Wildman–Crippen LogP) is 16.4. The molecule has 0 spiro atoms. The van der Waals surface area contributed by atoms with Gasteiger partial charge < -0.3 is 10.2 Å². The van der Waals surface area contributed by atoms with Crippen LogP contribution in [-0.2, 0) is 9.59 Å². The van der Waals surface area contributed by atoms with Gasteiger partial charge in [-0.3, -0.25) is 9.59 Å². The van der Waals surface area contributed by atoms with Gasteiger partial charge in [0.2, 0.25) is 0 Å². The van der Waals surface area contributed by atoms with Gasteiger partial charge >= 0.3 is 11.9 Å². The molecule has 0 radical (unpaired) electrons. The fourth-order valence-electron chi connectivity index (χ4n) is 6.33. The molecule has 0 unspecified atom stereocenters. The minimum absolute atomic E-state index is 0.345. The number of hydrogen-bond acceptors (Lipinski definition) is 2. The topological polar surface area (TPSA) is 74.6 Å². The van der Waals surface area contributed by atoms with Crippen molar-refractivity contribution >= 4 is 11.9 Å². The zero-order valence-corrected chi connectivity index (χ0v) is 34.3. The third-order valence-corrected chi connectivity index (χ3v) is 9.70. The molecule has 0 amide bonds. The first-order valence-corrected chi connectivity index (χ1v) is 22.4. The van der Waals surface area contributed by atoms with E-state index in [1.807, 2.05) is 0 Å². The van der Waals surface area contributed by atoms with Gasteiger partial charge in [0, 0.05) is 12.8 Å². The van der Waals surface area contributed by atoms with Crippen molar-refractivity contribution in [2.24, 2.45) is 0 Å². The number of carbonyl (C=O) groups is 2. The average Bonchev–Trinajstić information content (AvgIpc) is 3.08. The smallest absolute Gasteiger partial charge is 0.303 e. The zero-order chi connectivity index (χ0) is 36.7. The van der Waals surface area contributed by atoms with E-state index in [1.54, 1.807) is 0 Å². The average molecular weight is 697 g/mol. The van der Waals surface area contributed by atoms with Gasteiger partial charge in [0.05, 0.1) is 0 Å². The normalized spacial score (nSPS) is 10.7. The molecule has 0 aromatic carbocycles. The summed E-state index contributed by atoms with van der Waals surface area (Å²) < 4.78 is 0. The molecule has 296 valence electrons. The number of carboxylic acids is 2. The molecule has 0 aromatic rings. The molecule has 49 heavy (non-hydrogen) atoms. The highest BCUT2D eigenvalue weighted by Gasteiger charge is 1.98. The van der Waals surface area contributed by atoms with Gasteiger partial charge in [0.15, 0.2) is 0 Å². The molecule has 0 aliphatic carbocycles. The van der Waals surface area contributed by atoms with E-state index in [0.29, 0.717) is 12.8 Å². The van der Waals surface area contributed by atoms with Crippen LogP contribution in [0.15, 0.2) is 0 Å². The molecule has 0 atom stereocenters. The standard InChI is InChI=1S/2C18H36O2.C9H20/c2*1-2-3-4-5-6-7-8-9-10-11-12-13-14-15-16-17-18(19)20;1-3-5-7-9-8-6-4-2/h2*2-17H2,1H3,(H,19,20);3-9H2,1-2H3. The van der Waals surface area contributed by atoms with Crippen LogP contribution in [0.25, 0.3) is 0 Å². The maximum absolute atomic E-state index is 10.3. The second-order valence-corrected chi connectivity index (χ2v) is 15.0. The van der Waals surface area contributed by atoms with E-state index < -0.39 is 11.9 Å². The SMILES string of the molecule is CCCCCCCCC.CCCCCCCCCCCCCCCCCC(=O)O.CCCCCCCCCCCCCCCCCC(=O)O. The Hall–Kier alpha value is -1.06. The monoisotopic (exact) mass is 697 g/mol. The van der Waals surface area contributed by atoms with Crippen molar-refractivity contribution in [3.8, 4) is 0 Å². The molecular weight excluding hydrogens is 604 g/mol. The van der Waals surface area contributed by atoms with Gasteiger partial charge in [-0.05, 0) is 12.8 Å². The lowest BCUT2D eigenvalue weighted by molar-refractivity contribution is -0.138. The number of aliphatic carboxylic acids is 2. The van der Waals surface area contributed by atoms with Crippen LogP contribution in [0.4, 0.5) is 0 Å². The van der Waals surface area contributed by atoms with Crippen molar-refractivity contribution in [3.63, 3.8) is 0 Å². The lowest BCUT2D eigenvalue weighted by Crippen LogP contribution is -1.93. The first-order valence-electron chi connectivity index (χ1n) is 22.4. The Kier molecular flexibility index (Phi) is 54.8. The Labute approximate surface area is 309 Å². The van der Waals surface area contributed by atoms with E-state index in [9.17, 15) is 9.59 Å². The van der Waals surface area contributed by atoms with Crippen LogP contribution in [0, 0.1) is 0 Å². The van der Waals surface area contributed by atoms with Crippen LogP contribution in [0.2, 0.25) is 0 Å². The van der Waals surface area contributed by atoms with Gasteiger partial charge in [-0.1, -0.05) is 252 Å². The Balaban J connectivity index is -0.000000695. The highest BCUT2D eigenvalue weighted by molar-refractivity contribution is 5.66. The Bertz CT molecular complexity index is 541. The maximum Gasteiger partial charge on any atom is 0.303 e. The van der Waals surface area contributed by atoms with Gasteiger partial charge in [-0.25, -0.2) is 0 Å². The highest BCUT2D eigenvalue weighted by Crippen LogP contribution is 2.15. The molecule has 4 heteroatoms. The Morgan fingerprint density at radius 2 is 0.367 bits per heavy atom. The summed E-state index contributed by atoms with van der Waals surface area (Å²) in [6.07, 6.45) is 50.4. The second kappa shape index (κ2) is 51.3. The number of hydrogen-bond donors (Lipinski definition) is 2. The van der Waals surface area contributed by atoms with Gasteiger partial charge in [-0.15, -0.1) is 0 Å². The summed E-state index contributed by atoms with van der Waals surface area (Å²) >= 11 is 0. The summed E-state index contributed by atoms with van der Waals surface area (Å²) in [5.74, 6) is -1.31. The van der Waals surface area contributed by atoms with E-state index in [4.69, 9.17) is 10.2 Å². The summed E-state index contributed by atoms with van der Waals surface area (Å²) in [5, 5.41) is 17.0. The van der Waals surface area contributed by atoms with E-state index in [2.05, 4.69) is 27.7 Å². The van der Waals surface area contributed by atoms with Crippen molar-refractivity contribution in [2.75, 3.05) is 0 Å². The van der Waals surface area contributed by atoms with Crippen LogP contribution in [0.3, 0.4) is 0 Å². The third-order valence-electron chi connectivity index (χ3n) is 9.70. The number of rotatable bonds is 38. The molecule has 2 N–H and O–H groups in total. The summed E-state index contributed by atoms with van der Waals surface area (Å²) in [4.78, 5) is 20.7. The van der Waals surface area contributed by atoms with Gasteiger partial charge in [0.1, 0.15) is 0 Å². The van der Waals surface area contributed by atoms with Crippen molar-refractivity contribution in [1.82, 2.24) is 0 Å². The lowest BCUT2D eigenvalue weighted by Gasteiger charge is -2.03. The van der Waals surface area contributed by atoms with Crippen molar-refractivity contribution < 1.29 is 19.8 Å². The molecule has 4 nitrogen and oxygen atoms in total. The van der Waals surface area contributed by atoms with E-state index >= 15 is 0 Å². The van der Waals surface area contributed by atoms with Gasteiger partial charge in [-0.2, -0.15) is 0 Å². The van der Waals surface area contributed by atoms with Gasteiger partial charge in [0.25, 0.3) is 0 Å². The van der Waals surface area contributed by atoms with Crippen LogP contribution in [-0.4, -0.2) is 22.2 Å². The van der Waals surface area contributed by atoms with Crippen molar-refractivity contribution in [1.29, 1.82) is 0 Å². The summed E-state index contributed by atoms with van der Waals surface area (Å²) in [6, 6.07) is 0. The minimum atomic E-state index is -0.653. The summed E-state index contributed by atoms with van der Waals surface area (Å²) in [5.41, 5.74) is 0. The number of unbranched alkanes of at least 4 members (excludes halogenated alkanes) is 34. The van der Waals surface area contributed by atoms with E-state index in [-0.39, 0.29) is 0 Å². The molecule has 0 heterocycles. The molecule has 0 saturated heterocycles. The molecule has 0 fully saturated rings. The second-order valence-electron chi connectivity index (χ2n) is 15.0. The number of carboxylic acid groups (broad SMARTS) is 2.